The van der Waals surface area contributed by atoms with Crippen LogP contribution in [0.5, 0.6) is 0 Å². The highest BCUT2D eigenvalue weighted by atomic mass is 15.0. The number of benzene rings is 1. The van der Waals surface area contributed by atoms with E-state index in [1.165, 1.54) is 12.4 Å². The summed E-state index contributed by atoms with van der Waals surface area (Å²) < 4.78 is 0. The molecule has 2 aromatic rings. The van der Waals surface area contributed by atoms with Gasteiger partial charge in [0.2, 0.25) is 0 Å². The van der Waals surface area contributed by atoms with Gasteiger partial charge in [0, 0.05) is 5.69 Å². The average Bonchev–Trinajstić information content (AvgIpc) is 2.38. The smallest absolute Gasteiger partial charge is 0.151 e. The number of nitrogens with zero attached hydrogens (tertiary/aromatic N) is 4. The molecule has 0 aliphatic heterocycles. The molecule has 6 heteroatoms. The van der Waals surface area contributed by atoms with E-state index in [0.717, 1.165) is 0 Å². The predicted octanol–water partition coefficient (Wildman–Crippen LogP) is 1.55. The number of nitrogen functional groups attached to an aromatic ring is 1. The van der Waals surface area contributed by atoms with E-state index in [9.17, 15) is 0 Å². The maximum Gasteiger partial charge on any atom is 0.151 e. The second kappa shape index (κ2) is 4.81. The van der Waals surface area contributed by atoms with E-state index in [4.69, 9.17) is 16.3 Å². The predicted molar refractivity (Wildman–Crippen MR) is 65.6 cm³/mol. The van der Waals surface area contributed by atoms with Crippen LogP contribution in [-0.2, 0) is 0 Å². The fourth-order valence-corrected chi connectivity index (χ4v) is 1.40. The van der Waals surface area contributed by atoms with Crippen LogP contribution in [0.2, 0.25) is 0 Å². The van der Waals surface area contributed by atoms with Crippen molar-refractivity contribution in [1.82, 2.24) is 9.97 Å². The van der Waals surface area contributed by atoms with Crippen LogP contribution >= 0.6 is 0 Å². The summed E-state index contributed by atoms with van der Waals surface area (Å²) in [7, 11) is 0. The molecule has 86 valence electrons. The lowest BCUT2D eigenvalue weighted by atomic mass is 10.1. The van der Waals surface area contributed by atoms with E-state index < -0.39 is 0 Å². The van der Waals surface area contributed by atoms with Gasteiger partial charge in [-0.2, -0.15) is 10.5 Å². The molecule has 6 nitrogen and oxygen atoms in total. The van der Waals surface area contributed by atoms with Crippen LogP contribution in [0.25, 0.3) is 0 Å². The molecule has 0 aliphatic carbocycles. The second-order valence-corrected chi connectivity index (χ2v) is 3.44. The van der Waals surface area contributed by atoms with Crippen LogP contribution in [-0.4, -0.2) is 9.97 Å². The summed E-state index contributed by atoms with van der Waals surface area (Å²) in [6, 6.07) is 8.74. The Hall–Kier alpha value is -3.12. The van der Waals surface area contributed by atoms with Crippen molar-refractivity contribution >= 4 is 17.3 Å². The Kier molecular flexibility index (Phi) is 3.04. The van der Waals surface area contributed by atoms with Crippen molar-refractivity contribution in [2.45, 2.75) is 0 Å². The molecule has 1 aromatic carbocycles. The van der Waals surface area contributed by atoms with Gasteiger partial charge in [-0.15, -0.1) is 0 Å². The highest BCUT2D eigenvalue weighted by molar-refractivity contribution is 5.62. The van der Waals surface area contributed by atoms with E-state index in [2.05, 4.69) is 15.3 Å². The SMILES string of the molecule is N#Cc1ccc(Nc2cncc(N)n2)cc1C#N. The standard InChI is InChI=1S/C12H8N6/c13-4-8-1-2-10(3-9(8)5-14)17-12-7-16-6-11(15)18-12/h1-3,6-7H,(H3,15,17,18). The summed E-state index contributed by atoms with van der Waals surface area (Å²) >= 11 is 0. The minimum Gasteiger partial charge on any atom is -0.382 e. The van der Waals surface area contributed by atoms with Crippen molar-refractivity contribution in [2.24, 2.45) is 0 Å². The van der Waals surface area contributed by atoms with E-state index >= 15 is 0 Å². The maximum atomic E-state index is 8.91. The number of aromatic nitrogens is 2. The first kappa shape index (κ1) is 11.4. The molecule has 0 bridgehead atoms. The first-order valence-electron chi connectivity index (χ1n) is 5.01. The molecular weight excluding hydrogens is 228 g/mol. The molecule has 0 amide bonds. The number of nitrogens with one attached hydrogen (secondary N) is 1. The van der Waals surface area contributed by atoms with Gasteiger partial charge in [0.1, 0.15) is 18.0 Å². The lowest BCUT2D eigenvalue weighted by Gasteiger charge is -2.06. The van der Waals surface area contributed by atoms with Gasteiger partial charge in [0.25, 0.3) is 0 Å². The third-order valence-corrected chi connectivity index (χ3v) is 2.19. The topological polar surface area (TPSA) is 111 Å². The largest absolute Gasteiger partial charge is 0.382 e. The fraction of sp³-hybridized carbons (Fsp3) is 0. The maximum absolute atomic E-state index is 8.91. The highest BCUT2D eigenvalue weighted by Crippen LogP contribution is 2.18. The fourth-order valence-electron chi connectivity index (χ4n) is 1.40. The Labute approximate surface area is 103 Å². The number of hydrogen-bond donors (Lipinski definition) is 2. The number of nitriles is 2. The lowest BCUT2D eigenvalue weighted by molar-refractivity contribution is 1.21. The van der Waals surface area contributed by atoms with Crippen molar-refractivity contribution in [1.29, 1.82) is 10.5 Å². The quantitative estimate of drug-likeness (QED) is 0.818. The van der Waals surface area contributed by atoms with Gasteiger partial charge in [-0.1, -0.05) is 0 Å². The van der Waals surface area contributed by atoms with Gasteiger partial charge in [0.05, 0.1) is 23.5 Å². The van der Waals surface area contributed by atoms with Gasteiger partial charge in [0.15, 0.2) is 5.82 Å². The zero-order chi connectivity index (χ0) is 13.0. The van der Waals surface area contributed by atoms with Crippen molar-refractivity contribution in [3.63, 3.8) is 0 Å². The third-order valence-electron chi connectivity index (χ3n) is 2.19. The van der Waals surface area contributed by atoms with Crippen molar-refractivity contribution < 1.29 is 0 Å². The van der Waals surface area contributed by atoms with Crippen LogP contribution in [0.4, 0.5) is 17.3 Å². The molecule has 0 spiro atoms. The molecule has 0 saturated heterocycles. The number of anilines is 3. The van der Waals surface area contributed by atoms with Crippen LogP contribution < -0.4 is 11.1 Å². The van der Waals surface area contributed by atoms with Crippen LogP contribution in [0.3, 0.4) is 0 Å². The van der Waals surface area contributed by atoms with Gasteiger partial charge >= 0.3 is 0 Å². The molecule has 1 heterocycles. The summed E-state index contributed by atoms with van der Waals surface area (Å²) in [6.45, 7) is 0. The molecule has 0 atom stereocenters. The minimum atomic E-state index is 0.300. The molecular formula is C12H8N6. The average molecular weight is 236 g/mol. The first-order chi connectivity index (χ1) is 8.72. The molecule has 3 N–H and O–H groups in total. The van der Waals surface area contributed by atoms with E-state index in [1.54, 1.807) is 18.2 Å². The Morgan fingerprint density at radius 3 is 2.56 bits per heavy atom. The van der Waals surface area contributed by atoms with Crippen molar-refractivity contribution in [2.75, 3.05) is 11.1 Å². The van der Waals surface area contributed by atoms with Gasteiger partial charge < -0.3 is 11.1 Å². The van der Waals surface area contributed by atoms with E-state index in [-0.39, 0.29) is 0 Å². The van der Waals surface area contributed by atoms with Crippen LogP contribution in [0.1, 0.15) is 11.1 Å². The molecule has 0 fully saturated rings. The zero-order valence-corrected chi connectivity index (χ0v) is 9.25. The van der Waals surface area contributed by atoms with Crippen molar-refractivity contribution in [3.8, 4) is 12.1 Å². The first-order valence-corrected chi connectivity index (χ1v) is 5.01. The third kappa shape index (κ3) is 2.34. The zero-order valence-electron chi connectivity index (χ0n) is 9.25. The molecule has 0 saturated carbocycles. The van der Waals surface area contributed by atoms with Gasteiger partial charge in [-0.3, -0.25) is 4.98 Å². The Bertz CT molecular complexity index is 665. The van der Waals surface area contributed by atoms with Gasteiger partial charge in [-0.05, 0) is 18.2 Å². The minimum absolute atomic E-state index is 0.300. The van der Waals surface area contributed by atoms with Gasteiger partial charge in [-0.25, -0.2) is 4.98 Å². The number of hydrogen-bond acceptors (Lipinski definition) is 6. The molecule has 0 aliphatic rings. The highest BCUT2D eigenvalue weighted by Gasteiger charge is 2.03. The van der Waals surface area contributed by atoms with E-state index in [1.807, 2.05) is 12.1 Å². The summed E-state index contributed by atoms with van der Waals surface area (Å²) in [5.41, 5.74) is 6.79. The lowest BCUT2D eigenvalue weighted by Crippen LogP contribution is -1.98. The molecule has 1 aromatic heterocycles. The molecule has 18 heavy (non-hydrogen) atoms. The van der Waals surface area contributed by atoms with E-state index in [0.29, 0.717) is 28.5 Å². The Morgan fingerprint density at radius 2 is 1.89 bits per heavy atom. The van der Waals surface area contributed by atoms with Crippen LogP contribution in [0.15, 0.2) is 30.6 Å². The number of rotatable bonds is 2. The Morgan fingerprint density at radius 1 is 1.11 bits per heavy atom. The number of nitrogens with two attached hydrogens (primary N) is 1. The normalized spacial score (nSPS) is 9.22. The van der Waals surface area contributed by atoms with Crippen molar-refractivity contribution in [3.05, 3.63) is 41.7 Å². The molecule has 0 unspecified atom stereocenters. The summed E-state index contributed by atoms with van der Waals surface area (Å²) in [6.07, 6.45) is 2.95. The summed E-state index contributed by atoms with van der Waals surface area (Å²) in [5.74, 6) is 0.776. The monoisotopic (exact) mass is 236 g/mol. The molecule has 0 radical (unpaired) electrons. The summed E-state index contributed by atoms with van der Waals surface area (Å²) in [5, 5.41) is 20.7. The van der Waals surface area contributed by atoms with Crippen LogP contribution in [0, 0.1) is 22.7 Å². The molecule has 2 rings (SSSR count). The Balaban J connectivity index is 2.31. The second-order valence-electron chi connectivity index (χ2n) is 3.44. The summed E-state index contributed by atoms with van der Waals surface area (Å²) in [4.78, 5) is 7.91.